The van der Waals surface area contributed by atoms with Gasteiger partial charge in [0.2, 0.25) is 0 Å². The number of ether oxygens (including phenoxy) is 1. The van der Waals surface area contributed by atoms with E-state index in [1.165, 1.54) is 13.2 Å². The Morgan fingerprint density at radius 3 is 2.80 bits per heavy atom. The first-order valence-corrected chi connectivity index (χ1v) is 6.99. The molecule has 0 spiro atoms. The van der Waals surface area contributed by atoms with Gasteiger partial charge >= 0.3 is 0 Å². The van der Waals surface area contributed by atoms with Crippen molar-refractivity contribution in [1.82, 2.24) is 9.80 Å². The molecule has 1 aromatic carbocycles. The fraction of sp³-hybridized carbons (Fsp3) is 0.600. The summed E-state index contributed by atoms with van der Waals surface area (Å²) in [6.45, 7) is 3.13. The summed E-state index contributed by atoms with van der Waals surface area (Å²) in [5, 5.41) is 0. The number of nitrogens with two attached hydrogens (primary N) is 1. The second-order valence-electron chi connectivity index (χ2n) is 5.63. The molecule has 0 bridgehead atoms. The summed E-state index contributed by atoms with van der Waals surface area (Å²) in [4.78, 5) is 4.64. The van der Waals surface area contributed by atoms with Crippen LogP contribution in [-0.4, -0.2) is 56.7 Å². The van der Waals surface area contributed by atoms with Gasteiger partial charge in [0.05, 0.1) is 7.11 Å². The molecule has 0 aromatic heterocycles. The molecule has 0 saturated carbocycles. The minimum Gasteiger partial charge on any atom is -0.494 e. The van der Waals surface area contributed by atoms with Gasteiger partial charge in [0, 0.05) is 31.7 Å². The summed E-state index contributed by atoms with van der Waals surface area (Å²) >= 11 is 0. The van der Waals surface area contributed by atoms with E-state index in [-0.39, 0.29) is 17.6 Å². The van der Waals surface area contributed by atoms with Gasteiger partial charge < -0.3 is 20.3 Å². The molecule has 1 saturated heterocycles. The third-order valence-electron chi connectivity index (χ3n) is 4.11. The van der Waals surface area contributed by atoms with Crippen LogP contribution in [0.5, 0.6) is 5.75 Å². The van der Waals surface area contributed by atoms with E-state index in [1.54, 1.807) is 6.07 Å². The third-order valence-corrected chi connectivity index (χ3v) is 4.11. The number of methoxy groups -OCH3 is 1. The number of hydrogen-bond acceptors (Lipinski definition) is 4. The van der Waals surface area contributed by atoms with E-state index < -0.39 is 0 Å². The van der Waals surface area contributed by atoms with E-state index >= 15 is 0 Å². The van der Waals surface area contributed by atoms with Crippen LogP contribution < -0.4 is 10.5 Å². The second-order valence-corrected chi connectivity index (χ2v) is 5.63. The van der Waals surface area contributed by atoms with Crippen LogP contribution in [0.1, 0.15) is 18.0 Å². The van der Waals surface area contributed by atoms with Crippen LogP contribution in [0.15, 0.2) is 18.2 Å². The molecule has 0 amide bonds. The lowest BCUT2D eigenvalue weighted by Crippen LogP contribution is -2.50. The Kier molecular flexibility index (Phi) is 4.96. The Hall–Kier alpha value is -1.17. The quantitative estimate of drug-likeness (QED) is 0.907. The summed E-state index contributed by atoms with van der Waals surface area (Å²) < 4.78 is 18.7. The second kappa shape index (κ2) is 6.52. The number of nitrogens with zero attached hydrogens (tertiary/aromatic N) is 2. The maximum Gasteiger partial charge on any atom is 0.165 e. The molecule has 1 aromatic rings. The predicted molar refractivity (Wildman–Crippen MR) is 78.4 cm³/mol. The number of halogens is 1. The van der Waals surface area contributed by atoms with Gasteiger partial charge in [-0.1, -0.05) is 6.07 Å². The summed E-state index contributed by atoms with van der Waals surface area (Å²) in [7, 11) is 5.71. The first kappa shape index (κ1) is 15.2. The lowest BCUT2D eigenvalue weighted by atomic mass is 9.97. The molecular formula is C15H24FN3O. The molecule has 2 N–H and O–H groups in total. The summed E-state index contributed by atoms with van der Waals surface area (Å²) in [6, 6.07) is 5.22. The Bertz CT molecular complexity index is 455. The molecule has 112 valence electrons. The molecule has 5 heteroatoms. The van der Waals surface area contributed by atoms with Gasteiger partial charge in [-0.15, -0.1) is 0 Å². The van der Waals surface area contributed by atoms with Crippen molar-refractivity contribution in [3.8, 4) is 5.75 Å². The maximum atomic E-state index is 13.7. The van der Waals surface area contributed by atoms with Crippen molar-refractivity contribution in [3.05, 3.63) is 29.6 Å². The molecule has 2 atom stereocenters. The smallest absolute Gasteiger partial charge is 0.165 e. The van der Waals surface area contributed by atoms with Crippen LogP contribution in [0.3, 0.4) is 0 Å². The maximum absolute atomic E-state index is 13.7. The summed E-state index contributed by atoms with van der Waals surface area (Å²) in [6.07, 6.45) is 0.826. The Morgan fingerprint density at radius 1 is 1.40 bits per heavy atom. The van der Waals surface area contributed by atoms with Crippen molar-refractivity contribution in [2.24, 2.45) is 5.73 Å². The number of benzene rings is 1. The lowest BCUT2D eigenvalue weighted by Gasteiger charge is -2.38. The number of hydrogen-bond donors (Lipinski definition) is 1. The van der Waals surface area contributed by atoms with Gasteiger partial charge in [-0.25, -0.2) is 4.39 Å². The van der Waals surface area contributed by atoms with E-state index in [0.29, 0.717) is 6.04 Å². The van der Waals surface area contributed by atoms with Crippen molar-refractivity contribution in [2.75, 3.05) is 40.8 Å². The van der Waals surface area contributed by atoms with E-state index in [9.17, 15) is 4.39 Å². The molecular weight excluding hydrogens is 257 g/mol. The molecule has 1 fully saturated rings. The summed E-state index contributed by atoms with van der Waals surface area (Å²) in [5.41, 5.74) is 7.07. The number of rotatable bonds is 4. The number of piperazine rings is 1. The third kappa shape index (κ3) is 3.48. The van der Waals surface area contributed by atoms with Crippen LogP contribution in [0.25, 0.3) is 0 Å². The van der Waals surface area contributed by atoms with E-state index in [2.05, 4.69) is 23.9 Å². The van der Waals surface area contributed by atoms with Crippen LogP contribution >= 0.6 is 0 Å². The molecule has 20 heavy (non-hydrogen) atoms. The van der Waals surface area contributed by atoms with Crippen LogP contribution in [0, 0.1) is 5.82 Å². The highest BCUT2D eigenvalue weighted by molar-refractivity contribution is 5.31. The van der Waals surface area contributed by atoms with E-state index in [4.69, 9.17) is 10.5 Å². The van der Waals surface area contributed by atoms with E-state index in [1.807, 2.05) is 6.07 Å². The minimum atomic E-state index is -0.352. The van der Waals surface area contributed by atoms with Gasteiger partial charge in [0.15, 0.2) is 11.6 Å². The van der Waals surface area contributed by atoms with Gasteiger partial charge in [0.1, 0.15) is 0 Å². The van der Waals surface area contributed by atoms with Crippen molar-refractivity contribution in [1.29, 1.82) is 0 Å². The van der Waals surface area contributed by atoms with Crippen LogP contribution in [0.2, 0.25) is 0 Å². The monoisotopic (exact) mass is 281 g/mol. The van der Waals surface area contributed by atoms with Crippen molar-refractivity contribution in [2.45, 2.75) is 18.5 Å². The lowest BCUT2D eigenvalue weighted by molar-refractivity contribution is 0.104. The van der Waals surface area contributed by atoms with Gasteiger partial charge in [-0.3, -0.25) is 0 Å². The zero-order valence-electron chi connectivity index (χ0n) is 12.5. The molecule has 1 aliphatic heterocycles. The summed E-state index contributed by atoms with van der Waals surface area (Å²) in [5.74, 6) is -0.0926. The van der Waals surface area contributed by atoms with Crippen molar-refractivity contribution < 1.29 is 9.13 Å². The zero-order chi connectivity index (χ0) is 14.7. The topological polar surface area (TPSA) is 41.7 Å². The van der Waals surface area contributed by atoms with Gasteiger partial charge in [-0.2, -0.15) is 0 Å². The highest BCUT2D eigenvalue weighted by atomic mass is 19.1. The fourth-order valence-corrected chi connectivity index (χ4v) is 2.70. The molecule has 0 radical (unpaired) electrons. The highest BCUT2D eigenvalue weighted by Crippen LogP contribution is 2.24. The Morgan fingerprint density at radius 2 is 2.15 bits per heavy atom. The average molecular weight is 281 g/mol. The molecule has 1 aliphatic rings. The normalized spacial score (nSPS) is 22.8. The van der Waals surface area contributed by atoms with Crippen molar-refractivity contribution >= 4 is 0 Å². The fourth-order valence-electron chi connectivity index (χ4n) is 2.70. The van der Waals surface area contributed by atoms with Crippen LogP contribution in [0.4, 0.5) is 4.39 Å². The molecule has 4 nitrogen and oxygen atoms in total. The number of likely N-dealkylation sites (N-methyl/N-ethyl adjacent to an activating group) is 2. The average Bonchev–Trinajstić information content (AvgIpc) is 2.42. The largest absolute Gasteiger partial charge is 0.494 e. The predicted octanol–water partition coefficient (Wildman–Crippen LogP) is 1.47. The molecule has 1 heterocycles. The SMILES string of the molecule is COc1ccc(C(N)CC2CN(C)CCN2C)cc1F. The molecule has 2 unspecified atom stereocenters. The first-order valence-electron chi connectivity index (χ1n) is 6.99. The zero-order valence-corrected chi connectivity index (χ0v) is 12.5. The molecule has 2 rings (SSSR count). The first-order chi connectivity index (χ1) is 9.51. The van der Waals surface area contributed by atoms with Crippen LogP contribution in [-0.2, 0) is 0 Å². The Labute approximate surface area is 120 Å². The minimum absolute atomic E-state index is 0.158. The Balaban J connectivity index is 2.03. The highest BCUT2D eigenvalue weighted by Gasteiger charge is 2.24. The van der Waals surface area contributed by atoms with Gasteiger partial charge in [0.25, 0.3) is 0 Å². The molecule has 0 aliphatic carbocycles. The van der Waals surface area contributed by atoms with E-state index in [0.717, 1.165) is 31.6 Å². The van der Waals surface area contributed by atoms with Crippen molar-refractivity contribution in [3.63, 3.8) is 0 Å². The standard InChI is InChI=1S/C15H24FN3O/c1-18-6-7-19(2)12(10-18)9-14(17)11-4-5-15(20-3)13(16)8-11/h4-5,8,12,14H,6-7,9-10,17H2,1-3H3. The van der Waals surface area contributed by atoms with Gasteiger partial charge in [-0.05, 0) is 38.2 Å².